The molecule has 0 aromatic heterocycles. The van der Waals surface area contributed by atoms with Crippen molar-refractivity contribution in [2.24, 2.45) is 0 Å². The molecule has 0 unspecified atom stereocenters. The highest BCUT2D eigenvalue weighted by Crippen LogP contribution is 2.09. The van der Waals surface area contributed by atoms with Crippen LogP contribution in [0.2, 0.25) is 0 Å². The minimum atomic E-state index is 0.207. The number of nitrogens with zero attached hydrogens (tertiary/aromatic N) is 1. The Morgan fingerprint density at radius 1 is 1.19 bits per heavy atom. The van der Waals surface area contributed by atoms with E-state index in [1.807, 2.05) is 6.92 Å². The van der Waals surface area contributed by atoms with Gasteiger partial charge in [0.1, 0.15) is 0 Å². The van der Waals surface area contributed by atoms with Crippen molar-refractivity contribution in [2.45, 2.75) is 51.9 Å². The molecule has 94 valence electrons. The summed E-state index contributed by atoms with van der Waals surface area (Å²) in [7, 11) is 0. The van der Waals surface area contributed by atoms with E-state index in [2.05, 4.69) is 10.2 Å². The molecule has 0 bridgehead atoms. The molecule has 0 aliphatic carbocycles. The van der Waals surface area contributed by atoms with E-state index in [-0.39, 0.29) is 5.91 Å². The van der Waals surface area contributed by atoms with E-state index in [1.54, 1.807) is 0 Å². The summed E-state index contributed by atoms with van der Waals surface area (Å²) in [5.41, 5.74) is 0. The van der Waals surface area contributed by atoms with E-state index >= 15 is 0 Å². The first kappa shape index (κ1) is 13.5. The number of hydrogen-bond donors (Lipinski definition) is 1. The van der Waals surface area contributed by atoms with Gasteiger partial charge in [-0.15, -0.1) is 0 Å². The maximum Gasteiger partial charge on any atom is 0.219 e. The van der Waals surface area contributed by atoms with Crippen molar-refractivity contribution in [2.75, 3.05) is 26.2 Å². The summed E-state index contributed by atoms with van der Waals surface area (Å²) in [5.74, 6) is 0.207. The van der Waals surface area contributed by atoms with E-state index < -0.39 is 0 Å². The second-order valence-corrected chi connectivity index (χ2v) is 4.71. The van der Waals surface area contributed by atoms with Gasteiger partial charge >= 0.3 is 0 Å². The van der Waals surface area contributed by atoms with Crippen LogP contribution in [0, 0.1) is 0 Å². The summed E-state index contributed by atoms with van der Waals surface area (Å²) in [4.78, 5) is 13.8. The Morgan fingerprint density at radius 2 is 1.88 bits per heavy atom. The Bertz CT molecular complexity index is 186. The Labute approximate surface area is 99.6 Å². The highest BCUT2D eigenvalue weighted by molar-refractivity contribution is 5.75. The first-order valence-corrected chi connectivity index (χ1v) is 6.82. The van der Waals surface area contributed by atoms with Gasteiger partial charge in [-0.3, -0.25) is 4.79 Å². The molecule has 0 atom stereocenters. The summed E-state index contributed by atoms with van der Waals surface area (Å²) in [6, 6.07) is 0. The van der Waals surface area contributed by atoms with Gasteiger partial charge in [0.05, 0.1) is 0 Å². The number of likely N-dealkylation sites (tertiary alicyclic amines) is 1. The molecule has 0 spiro atoms. The van der Waals surface area contributed by atoms with Crippen LogP contribution in [0.1, 0.15) is 51.9 Å². The fourth-order valence-corrected chi connectivity index (χ4v) is 2.21. The summed E-state index contributed by atoms with van der Waals surface area (Å²) in [6.45, 7) is 6.53. The van der Waals surface area contributed by atoms with E-state index in [4.69, 9.17) is 0 Å². The van der Waals surface area contributed by atoms with Gasteiger partial charge in [0.2, 0.25) is 5.91 Å². The second-order valence-electron chi connectivity index (χ2n) is 4.71. The number of carbonyl (C=O) groups is 1. The fourth-order valence-electron chi connectivity index (χ4n) is 2.21. The maximum absolute atomic E-state index is 11.2. The highest BCUT2D eigenvalue weighted by atomic mass is 16.1. The van der Waals surface area contributed by atoms with Crippen LogP contribution in [0.15, 0.2) is 0 Å². The molecule has 0 saturated carbocycles. The predicted octanol–water partition coefficient (Wildman–Crippen LogP) is 2.17. The lowest BCUT2D eigenvalue weighted by Gasteiger charge is -2.19. The molecule has 1 fully saturated rings. The Kier molecular flexibility index (Phi) is 7.23. The second kappa shape index (κ2) is 8.57. The molecule has 1 rings (SSSR count). The third kappa shape index (κ3) is 6.11. The van der Waals surface area contributed by atoms with Crippen LogP contribution < -0.4 is 5.32 Å². The van der Waals surface area contributed by atoms with Crippen LogP contribution in [0.5, 0.6) is 0 Å². The Balaban J connectivity index is 1.99. The smallest absolute Gasteiger partial charge is 0.219 e. The molecule has 1 aliphatic heterocycles. The lowest BCUT2D eigenvalue weighted by molar-refractivity contribution is -0.121. The molecular weight excluding hydrogens is 200 g/mol. The normalized spacial score (nSPS) is 18.1. The zero-order valence-electron chi connectivity index (χ0n) is 10.6. The molecular formula is C13H26N2O. The predicted molar refractivity (Wildman–Crippen MR) is 67.4 cm³/mol. The van der Waals surface area contributed by atoms with Crippen LogP contribution in [0.3, 0.4) is 0 Å². The average Bonchev–Trinajstić information content (AvgIpc) is 2.53. The minimum Gasteiger partial charge on any atom is -0.356 e. The van der Waals surface area contributed by atoms with Crippen molar-refractivity contribution in [1.82, 2.24) is 10.2 Å². The van der Waals surface area contributed by atoms with Crippen molar-refractivity contribution >= 4 is 5.91 Å². The summed E-state index contributed by atoms with van der Waals surface area (Å²) >= 11 is 0. The number of carbonyl (C=O) groups excluding carboxylic acids is 1. The van der Waals surface area contributed by atoms with Crippen molar-refractivity contribution < 1.29 is 4.79 Å². The van der Waals surface area contributed by atoms with Gasteiger partial charge in [-0.25, -0.2) is 0 Å². The quantitative estimate of drug-likeness (QED) is 0.704. The summed E-state index contributed by atoms with van der Waals surface area (Å²) in [6.07, 6.45) is 8.19. The van der Waals surface area contributed by atoms with Gasteiger partial charge in [0, 0.05) is 13.0 Å². The van der Waals surface area contributed by atoms with Gasteiger partial charge in [-0.2, -0.15) is 0 Å². The highest BCUT2D eigenvalue weighted by Gasteiger charge is 2.08. The van der Waals surface area contributed by atoms with Crippen LogP contribution in [-0.4, -0.2) is 37.0 Å². The molecule has 3 heteroatoms. The Hall–Kier alpha value is -0.570. The van der Waals surface area contributed by atoms with Crippen molar-refractivity contribution in [3.8, 4) is 0 Å². The monoisotopic (exact) mass is 226 g/mol. The van der Waals surface area contributed by atoms with E-state index in [1.165, 1.54) is 38.8 Å². The molecule has 1 saturated heterocycles. The van der Waals surface area contributed by atoms with Crippen LogP contribution in [0.4, 0.5) is 0 Å². The van der Waals surface area contributed by atoms with E-state index in [9.17, 15) is 4.79 Å². The van der Waals surface area contributed by atoms with Gasteiger partial charge in [0.25, 0.3) is 0 Å². The van der Waals surface area contributed by atoms with Crippen molar-refractivity contribution in [1.29, 1.82) is 0 Å². The molecule has 1 heterocycles. The molecule has 0 aromatic rings. The molecule has 1 aliphatic rings. The molecule has 1 amide bonds. The van der Waals surface area contributed by atoms with Crippen LogP contribution in [-0.2, 0) is 4.79 Å². The zero-order chi connectivity index (χ0) is 11.6. The first-order chi connectivity index (χ1) is 7.83. The van der Waals surface area contributed by atoms with E-state index in [0.29, 0.717) is 6.42 Å². The Morgan fingerprint density at radius 3 is 2.50 bits per heavy atom. The van der Waals surface area contributed by atoms with Crippen LogP contribution >= 0.6 is 0 Å². The third-order valence-electron chi connectivity index (χ3n) is 3.15. The van der Waals surface area contributed by atoms with Crippen LogP contribution in [0.25, 0.3) is 0 Å². The maximum atomic E-state index is 11.2. The lowest BCUT2D eigenvalue weighted by atomic mass is 10.2. The number of hydrogen-bond acceptors (Lipinski definition) is 2. The summed E-state index contributed by atoms with van der Waals surface area (Å²) in [5, 5.41) is 2.97. The molecule has 3 nitrogen and oxygen atoms in total. The largest absolute Gasteiger partial charge is 0.356 e. The summed E-state index contributed by atoms with van der Waals surface area (Å²) < 4.78 is 0. The van der Waals surface area contributed by atoms with Gasteiger partial charge in [0.15, 0.2) is 0 Å². The van der Waals surface area contributed by atoms with Crippen molar-refractivity contribution in [3.63, 3.8) is 0 Å². The van der Waals surface area contributed by atoms with Crippen molar-refractivity contribution in [3.05, 3.63) is 0 Å². The minimum absolute atomic E-state index is 0.207. The molecule has 1 N–H and O–H groups in total. The van der Waals surface area contributed by atoms with Gasteiger partial charge in [-0.1, -0.05) is 19.8 Å². The average molecular weight is 226 g/mol. The topological polar surface area (TPSA) is 32.3 Å². The lowest BCUT2D eigenvalue weighted by Crippen LogP contribution is -2.30. The first-order valence-electron chi connectivity index (χ1n) is 6.82. The standard InChI is InChI=1S/C13H26N2O/c1-2-8-13(16)14-9-7-12-15-10-5-3-4-6-11-15/h2-12H2,1H3,(H,14,16). The zero-order valence-corrected chi connectivity index (χ0v) is 10.6. The molecule has 0 aromatic carbocycles. The number of amides is 1. The number of rotatable bonds is 6. The fraction of sp³-hybridized carbons (Fsp3) is 0.923. The number of nitrogens with one attached hydrogen (secondary N) is 1. The molecule has 16 heavy (non-hydrogen) atoms. The van der Waals surface area contributed by atoms with E-state index in [0.717, 1.165) is 25.9 Å². The van der Waals surface area contributed by atoms with Gasteiger partial charge < -0.3 is 10.2 Å². The third-order valence-corrected chi connectivity index (χ3v) is 3.15. The molecule has 0 radical (unpaired) electrons. The SMILES string of the molecule is CCCC(=O)NCCCN1CCCCCC1. The van der Waals surface area contributed by atoms with Gasteiger partial charge in [-0.05, 0) is 45.3 Å².